The number of ether oxygens (including phenoxy) is 1. The van der Waals surface area contributed by atoms with Crippen LogP contribution < -0.4 is 15.8 Å². The number of rotatable bonds is 8. The van der Waals surface area contributed by atoms with Crippen LogP contribution in [0.3, 0.4) is 0 Å². The molecule has 0 saturated carbocycles. The van der Waals surface area contributed by atoms with Gasteiger partial charge < -0.3 is 15.8 Å². The molecule has 5 nitrogen and oxygen atoms in total. The minimum absolute atomic E-state index is 0.00236. The van der Waals surface area contributed by atoms with Crippen molar-refractivity contribution in [1.82, 2.24) is 5.32 Å². The highest BCUT2D eigenvalue weighted by molar-refractivity contribution is 5.94. The molecular weight excluding hydrogens is 256 g/mol. The fourth-order valence-corrected chi connectivity index (χ4v) is 1.61. The number of nitrogens with one attached hydrogen (secondary N) is 1. The van der Waals surface area contributed by atoms with Gasteiger partial charge in [0.2, 0.25) is 5.91 Å². The zero-order valence-corrected chi connectivity index (χ0v) is 12.0. The number of ketones is 1. The fraction of sp³-hybridized carbons (Fsp3) is 0.467. The predicted molar refractivity (Wildman–Crippen MR) is 77.8 cm³/mol. The lowest BCUT2D eigenvalue weighted by molar-refractivity contribution is -0.121. The van der Waals surface area contributed by atoms with E-state index in [2.05, 4.69) is 5.32 Å². The lowest BCUT2D eigenvalue weighted by atomic mass is 10.1. The van der Waals surface area contributed by atoms with E-state index in [4.69, 9.17) is 10.5 Å². The Labute approximate surface area is 119 Å². The van der Waals surface area contributed by atoms with Gasteiger partial charge in [0, 0.05) is 24.6 Å². The standard InChI is InChI=1S/C15H22N2O3/c1-11(10-16)17-15(19)4-3-9-20-14-7-5-13(6-8-14)12(2)18/h5-8,11H,3-4,9-10,16H2,1-2H3,(H,17,19)/t11-/m0/s1. The van der Waals surface area contributed by atoms with Crippen LogP contribution in [0, 0.1) is 0 Å². The third kappa shape index (κ3) is 5.84. The minimum atomic E-state index is -0.0153. The summed E-state index contributed by atoms with van der Waals surface area (Å²) in [5, 5.41) is 2.79. The number of carbonyl (C=O) groups is 2. The first kappa shape index (κ1) is 16.2. The SMILES string of the molecule is CC(=O)c1ccc(OCCCC(=O)N[C@@H](C)CN)cc1. The Morgan fingerprint density at radius 2 is 1.95 bits per heavy atom. The largest absolute Gasteiger partial charge is 0.494 e. The molecule has 5 heteroatoms. The van der Waals surface area contributed by atoms with Gasteiger partial charge in [0.15, 0.2) is 5.78 Å². The van der Waals surface area contributed by atoms with Crippen molar-refractivity contribution in [2.24, 2.45) is 5.73 Å². The second kappa shape index (κ2) is 8.32. The Kier molecular flexibility index (Phi) is 6.73. The molecule has 0 bridgehead atoms. The molecule has 110 valence electrons. The zero-order valence-electron chi connectivity index (χ0n) is 12.0. The summed E-state index contributed by atoms with van der Waals surface area (Å²) in [7, 11) is 0. The van der Waals surface area contributed by atoms with Crippen LogP contribution in [-0.4, -0.2) is 30.9 Å². The summed E-state index contributed by atoms with van der Waals surface area (Å²) < 4.78 is 5.51. The molecule has 3 N–H and O–H groups in total. The Morgan fingerprint density at radius 3 is 2.50 bits per heavy atom. The highest BCUT2D eigenvalue weighted by Gasteiger charge is 2.05. The van der Waals surface area contributed by atoms with Gasteiger partial charge in [-0.15, -0.1) is 0 Å². The van der Waals surface area contributed by atoms with E-state index < -0.39 is 0 Å². The van der Waals surface area contributed by atoms with Crippen LogP contribution in [0.25, 0.3) is 0 Å². The highest BCUT2D eigenvalue weighted by Crippen LogP contribution is 2.13. The molecule has 0 unspecified atom stereocenters. The molecule has 0 aliphatic carbocycles. The zero-order chi connectivity index (χ0) is 15.0. The molecule has 1 amide bonds. The first-order chi connectivity index (χ1) is 9.52. The van der Waals surface area contributed by atoms with E-state index in [1.165, 1.54) is 6.92 Å². The first-order valence-electron chi connectivity index (χ1n) is 6.76. The first-order valence-corrected chi connectivity index (χ1v) is 6.76. The van der Waals surface area contributed by atoms with Crippen molar-refractivity contribution in [3.05, 3.63) is 29.8 Å². The molecule has 0 spiro atoms. The molecular formula is C15H22N2O3. The summed E-state index contributed by atoms with van der Waals surface area (Å²) in [5.74, 6) is 0.714. The van der Waals surface area contributed by atoms with E-state index in [-0.39, 0.29) is 17.7 Å². The van der Waals surface area contributed by atoms with Gasteiger partial charge >= 0.3 is 0 Å². The molecule has 0 heterocycles. The van der Waals surface area contributed by atoms with Crippen molar-refractivity contribution in [2.75, 3.05) is 13.2 Å². The molecule has 0 aliphatic rings. The van der Waals surface area contributed by atoms with Crippen molar-refractivity contribution in [2.45, 2.75) is 32.7 Å². The summed E-state index contributed by atoms with van der Waals surface area (Å²) in [5.41, 5.74) is 6.08. The van der Waals surface area contributed by atoms with Crippen molar-refractivity contribution in [3.63, 3.8) is 0 Å². The molecule has 1 atom stereocenters. The number of amides is 1. The van der Waals surface area contributed by atoms with Gasteiger partial charge in [-0.1, -0.05) is 0 Å². The maximum Gasteiger partial charge on any atom is 0.220 e. The molecule has 0 fully saturated rings. The van der Waals surface area contributed by atoms with Crippen LogP contribution >= 0.6 is 0 Å². The number of nitrogens with two attached hydrogens (primary N) is 1. The lowest BCUT2D eigenvalue weighted by Crippen LogP contribution is -2.37. The Morgan fingerprint density at radius 1 is 1.30 bits per heavy atom. The molecule has 1 aromatic rings. The second-order valence-corrected chi connectivity index (χ2v) is 4.74. The molecule has 0 radical (unpaired) electrons. The average Bonchev–Trinajstić information content (AvgIpc) is 2.44. The van der Waals surface area contributed by atoms with Gasteiger partial charge in [-0.05, 0) is 44.5 Å². The van der Waals surface area contributed by atoms with Crippen molar-refractivity contribution in [3.8, 4) is 5.75 Å². The van der Waals surface area contributed by atoms with E-state index in [1.54, 1.807) is 24.3 Å². The number of benzene rings is 1. The molecule has 1 rings (SSSR count). The third-order valence-corrected chi connectivity index (χ3v) is 2.84. The van der Waals surface area contributed by atoms with Crippen LogP contribution in [0.2, 0.25) is 0 Å². The van der Waals surface area contributed by atoms with Crippen molar-refractivity contribution >= 4 is 11.7 Å². The molecule has 20 heavy (non-hydrogen) atoms. The van der Waals surface area contributed by atoms with E-state index in [1.807, 2.05) is 6.92 Å². The van der Waals surface area contributed by atoms with Gasteiger partial charge in [0.25, 0.3) is 0 Å². The smallest absolute Gasteiger partial charge is 0.220 e. The number of carbonyl (C=O) groups excluding carboxylic acids is 2. The van der Waals surface area contributed by atoms with Crippen LogP contribution in [0.5, 0.6) is 5.75 Å². The van der Waals surface area contributed by atoms with Gasteiger partial charge in [-0.2, -0.15) is 0 Å². The lowest BCUT2D eigenvalue weighted by Gasteiger charge is -2.11. The van der Waals surface area contributed by atoms with E-state index in [0.29, 0.717) is 37.3 Å². The number of hydrogen-bond donors (Lipinski definition) is 2. The summed E-state index contributed by atoms with van der Waals surface area (Å²) >= 11 is 0. The van der Waals surface area contributed by atoms with E-state index >= 15 is 0 Å². The van der Waals surface area contributed by atoms with Crippen LogP contribution in [0.15, 0.2) is 24.3 Å². The predicted octanol–water partition coefficient (Wildman–Crippen LogP) is 1.51. The third-order valence-electron chi connectivity index (χ3n) is 2.84. The second-order valence-electron chi connectivity index (χ2n) is 4.74. The molecule has 0 aliphatic heterocycles. The summed E-state index contributed by atoms with van der Waals surface area (Å²) in [6.45, 7) is 4.29. The maximum atomic E-state index is 11.5. The van der Waals surface area contributed by atoms with Crippen LogP contribution in [0.4, 0.5) is 0 Å². The van der Waals surface area contributed by atoms with Crippen LogP contribution in [0.1, 0.15) is 37.0 Å². The van der Waals surface area contributed by atoms with Crippen molar-refractivity contribution < 1.29 is 14.3 Å². The normalized spacial score (nSPS) is 11.8. The van der Waals surface area contributed by atoms with Gasteiger partial charge in [0.1, 0.15) is 5.75 Å². The fourth-order valence-electron chi connectivity index (χ4n) is 1.61. The summed E-state index contributed by atoms with van der Waals surface area (Å²) in [4.78, 5) is 22.6. The van der Waals surface area contributed by atoms with Gasteiger partial charge in [0.05, 0.1) is 6.61 Å². The molecule has 0 aromatic heterocycles. The quantitative estimate of drug-likeness (QED) is 0.558. The average molecular weight is 278 g/mol. The molecule has 1 aromatic carbocycles. The Balaban J connectivity index is 2.24. The topological polar surface area (TPSA) is 81.4 Å². The summed E-state index contributed by atoms with van der Waals surface area (Å²) in [6, 6.07) is 6.98. The maximum absolute atomic E-state index is 11.5. The molecule has 0 saturated heterocycles. The van der Waals surface area contributed by atoms with Gasteiger partial charge in [-0.25, -0.2) is 0 Å². The van der Waals surface area contributed by atoms with Gasteiger partial charge in [-0.3, -0.25) is 9.59 Å². The Bertz CT molecular complexity index is 443. The van der Waals surface area contributed by atoms with Crippen molar-refractivity contribution in [1.29, 1.82) is 0 Å². The monoisotopic (exact) mass is 278 g/mol. The van der Waals surface area contributed by atoms with E-state index in [0.717, 1.165) is 0 Å². The number of hydrogen-bond acceptors (Lipinski definition) is 4. The Hall–Kier alpha value is -1.88. The van der Waals surface area contributed by atoms with Crippen LogP contribution in [-0.2, 0) is 4.79 Å². The van der Waals surface area contributed by atoms with E-state index in [9.17, 15) is 9.59 Å². The summed E-state index contributed by atoms with van der Waals surface area (Å²) in [6.07, 6.45) is 1.05. The number of Topliss-reactive ketones (excluding diaryl/α,β-unsaturated/α-hetero) is 1. The minimum Gasteiger partial charge on any atom is -0.494 e. The highest BCUT2D eigenvalue weighted by atomic mass is 16.5.